The Kier molecular flexibility index (Phi) is 6.24. The Hall–Kier alpha value is -1.09. The topological polar surface area (TPSA) is 26.3 Å². The van der Waals surface area contributed by atoms with Gasteiger partial charge in [-0.05, 0) is 30.9 Å². The van der Waals surface area contributed by atoms with E-state index in [4.69, 9.17) is 4.74 Å². The molecular formula is C19H30O2Si. The van der Waals surface area contributed by atoms with E-state index in [0.717, 1.165) is 43.6 Å². The van der Waals surface area contributed by atoms with Gasteiger partial charge in [0.2, 0.25) is 0 Å². The number of benzene rings is 1. The van der Waals surface area contributed by atoms with Gasteiger partial charge >= 0.3 is 0 Å². The van der Waals surface area contributed by atoms with Gasteiger partial charge in [0.25, 0.3) is 0 Å². The zero-order valence-corrected chi connectivity index (χ0v) is 15.4. The number of rotatable bonds is 3. The standard InChI is InChI=1S/C19H30O2Si/c1-22(2,3)15-13-16-10-9-12-18-19(16)17(20)11-7-5-4-6-8-14-21-18/h9-10,12H,4-8,11,13-15H2,1-3H3. The van der Waals surface area contributed by atoms with Crippen molar-refractivity contribution in [3.8, 4) is 5.75 Å². The van der Waals surface area contributed by atoms with Crippen LogP contribution in [0.3, 0.4) is 0 Å². The number of Topliss-reactive ketones (excluding diaryl/α,β-unsaturated/α-hetero) is 1. The van der Waals surface area contributed by atoms with Crippen molar-refractivity contribution in [3.05, 3.63) is 29.3 Å². The lowest BCUT2D eigenvalue weighted by Gasteiger charge is -2.18. The van der Waals surface area contributed by atoms with Crippen LogP contribution in [0, 0.1) is 0 Å². The molecule has 22 heavy (non-hydrogen) atoms. The van der Waals surface area contributed by atoms with Gasteiger partial charge in [-0.3, -0.25) is 4.79 Å². The third kappa shape index (κ3) is 5.27. The molecule has 0 atom stereocenters. The lowest BCUT2D eigenvalue weighted by Crippen LogP contribution is -2.20. The second-order valence-corrected chi connectivity index (χ2v) is 13.3. The van der Waals surface area contributed by atoms with Crippen LogP contribution >= 0.6 is 0 Å². The fraction of sp³-hybridized carbons (Fsp3) is 0.632. The van der Waals surface area contributed by atoms with Crippen LogP contribution in [-0.2, 0) is 6.42 Å². The third-order valence-electron chi connectivity index (χ3n) is 4.34. The van der Waals surface area contributed by atoms with Crippen LogP contribution in [0.15, 0.2) is 18.2 Å². The first-order valence-corrected chi connectivity index (χ1v) is 12.5. The van der Waals surface area contributed by atoms with E-state index in [1.54, 1.807) is 0 Å². The maximum atomic E-state index is 12.7. The van der Waals surface area contributed by atoms with Crippen molar-refractivity contribution in [3.63, 3.8) is 0 Å². The Labute approximate surface area is 136 Å². The molecule has 0 amide bonds. The maximum Gasteiger partial charge on any atom is 0.166 e. The van der Waals surface area contributed by atoms with E-state index in [0.29, 0.717) is 6.42 Å². The van der Waals surface area contributed by atoms with Gasteiger partial charge in [0.1, 0.15) is 5.75 Å². The van der Waals surface area contributed by atoms with Crippen molar-refractivity contribution in [2.75, 3.05) is 6.61 Å². The molecule has 0 radical (unpaired) electrons. The van der Waals surface area contributed by atoms with Crippen molar-refractivity contribution in [1.29, 1.82) is 0 Å². The molecule has 0 fully saturated rings. The number of ether oxygens (including phenoxy) is 1. The van der Waals surface area contributed by atoms with Crippen molar-refractivity contribution in [1.82, 2.24) is 0 Å². The van der Waals surface area contributed by atoms with Crippen molar-refractivity contribution in [2.24, 2.45) is 0 Å². The minimum Gasteiger partial charge on any atom is -0.493 e. The van der Waals surface area contributed by atoms with Crippen molar-refractivity contribution < 1.29 is 9.53 Å². The molecule has 0 saturated carbocycles. The second kappa shape index (κ2) is 7.96. The summed E-state index contributed by atoms with van der Waals surface area (Å²) in [5.41, 5.74) is 2.08. The van der Waals surface area contributed by atoms with Crippen LogP contribution in [0.4, 0.5) is 0 Å². The van der Waals surface area contributed by atoms with E-state index >= 15 is 0 Å². The van der Waals surface area contributed by atoms with Gasteiger partial charge in [-0.1, -0.05) is 57.1 Å². The smallest absolute Gasteiger partial charge is 0.166 e. The van der Waals surface area contributed by atoms with Gasteiger partial charge in [-0.15, -0.1) is 0 Å². The molecule has 1 aromatic carbocycles. The number of fused-ring (bicyclic) bond motifs is 1. The van der Waals surface area contributed by atoms with E-state index in [-0.39, 0.29) is 5.78 Å². The summed E-state index contributed by atoms with van der Waals surface area (Å²) in [7, 11) is -1.11. The lowest BCUT2D eigenvalue weighted by atomic mass is 9.97. The minimum absolute atomic E-state index is 0.281. The number of ketones is 1. The monoisotopic (exact) mass is 318 g/mol. The maximum absolute atomic E-state index is 12.7. The molecule has 3 heteroatoms. The highest BCUT2D eigenvalue weighted by molar-refractivity contribution is 6.76. The Morgan fingerprint density at radius 3 is 2.55 bits per heavy atom. The Balaban J connectivity index is 2.25. The van der Waals surface area contributed by atoms with E-state index in [1.165, 1.54) is 24.4 Å². The number of hydrogen-bond donors (Lipinski definition) is 0. The first-order chi connectivity index (χ1) is 10.5. The van der Waals surface area contributed by atoms with E-state index in [1.807, 2.05) is 12.1 Å². The minimum atomic E-state index is -1.11. The van der Waals surface area contributed by atoms with Crippen LogP contribution in [0.1, 0.15) is 54.4 Å². The van der Waals surface area contributed by atoms with Crippen LogP contribution in [0.2, 0.25) is 25.7 Å². The van der Waals surface area contributed by atoms with Crippen LogP contribution in [0.5, 0.6) is 5.75 Å². The molecule has 0 spiro atoms. The average Bonchev–Trinajstić information content (AvgIpc) is 2.50. The molecule has 1 aromatic rings. The van der Waals surface area contributed by atoms with Crippen LogP contribution in [0.25, 0.3) is 0 Å². The molecule has 1 aliphatic heterocycles. The quantitative estimate of drug-likeness (QED) is 0.689. The predicted octanol–water partition coefficient (Wildman–Crippen LogP) is 5.48. The zero-order chi connectivity index (χ0) is 16.0. The molecule has 0 aromatic heterocycles. The Morgan fingerprint density at radius 2 is 1.77 bits per heavy atom. The molecule has 0 N–H and O–H groups in total. The van der Waals surface area contributed by atoms with Crippen molar-refractivity contribution in [2.45, 2.75) is 70.6 Å². The highest BCUT2D eigenvalue weighted by Gasteiger charge is 2.20. The number of hydrogen-bond acceptors (Lipinski definition) is 2. The number of aryl methyl sites for hydroxylation is 1. The molecule has 1 aliphatic rings. The van der Waals surface area contributed by atoms with E-state index < -0.39 is 8.07 Å². The van der Waals surface area contributed by atoms with E-state index in [2.05, 4.69) is 25.7 Å². The first kappa shape index (κ1) is 17.3. The van der Waals surface area contributed by atoms with Gasteiger partial charge in [-0.2, -0.15) is 0 Å². The lowest BCUT2D eigenvalue weighted by molar-refractivity contribution is 0.0975. The molecule has 2 nitrogen and oxygen atoms in total. The fourth-order valence-electron chi connectivity index (χ4n) is 2.96. The summed E-state index contributed by atoms with van der Waals surface area (Å²) in [5, 5.41) is 0. The van der Waals surface area contributed by atoms with Gasteiger partial charge in [0.05, 0.1) is 12.2 Å². The average molecular weight is 319 g/mol. The van der Waals surface area contributed by atoms with Crippen LogP contribution in [-0.4, -0.2) is 20.5 Å². The molecule has 0 unspecified atom stereocenters. The van der Waals surface area contributed by atoms with E-state index in [9.17, 15) is 4.79 Å². The normalized spacial score (nSPS) is 17.3. The molecule has 0 bridgehead atoms. The molecular weight excluding hydrogens is 288 g/mol. The van der Waals surface area contributed by atoms with Gasteiger partial charge in [0, 0.05) is 14.5 Å². The highest BCUT2D eigenvalue weighted by Crippen LogP contribution is 2.28. The SMILES string of the molecule is C[Si](C)(C)CCc1cccc2c1C(=O)CCCCCCCO2. The molecule has 122 valence electrons. The molecule has 2 rings (SSSR count). The van der Waals surface area contributed by atoms with Gasteiger partial charge in [0.15, 0.2) is 5.78 Å². The first-order valence-electron chi connectivity index (χ1n) is 8.75. The summed E-state index contributed by atoms with van der Waals surface area (Å²) >= 11 is 0. The summed E-state index contributed by atoms with van der Waals surface area (Å²) in [6, 6.07) is 7.37. The third-order valence-corrected chi connectivity index (χ3v) is 6.09. The summed E-state index contributed by atoms with van der Waals surface area (Å²) in [6.07, 6.45) is 7.37. The number of carbonyl (C=O) groups is 1. The van der Waals surface area contributed by atoms with Gasteiger partial charge < -0.3 is 4.74 Å². The summed E-state index contributed by atoms with van der Waals surface area (Å²) in [5.74, 6) is 1.10. The Morgan fingerprint density at radius 1 is 1.05 bits per heavy atom. The zero-order valence-electron chi connectivity index (χ0n) is 14.4. The summed E-state index contributed by atoms with van der Waals surface area (Å²) in [4.78, 5) is 12.7. The van der Waals surface area contributed by atoms with Crippen LogP contribution < -0.4 is 4.74 Å². The fourth-order valence-corrected chi connectivity index (χ4v) is 3.98. The van der Waals surface area contributed by atoms with Gasteiger partial charge in [-0.25, -0.2) is 0 Å². The molecule has 1 heterocycles. The summed E-state index contributed by atoms with van der Waals surface area (Å²) in [6.45, 7) is 7.89. The summed E-state index contributed by atoms with van der Waals surface area (Å²) < 4.78 is 5.95. The molecule has 0 aliphatic carbocycles. The largest absolute Gasteiger partial charge is 0.493 e. The number of carbonyl (C=O) groups excluding carboxylic acids is 1. The highest BCUT2D eigenvalue weighted by atomic mass is 28.3. The second-order valence-electron chi connectivity index (χ2n) is 7.64. The van der Waals surface area contributed by atoms with Crippen molar-refractivity contribution >= 4 is 13.9 Å². The predicted molar refractivity (Wildman–Crippen MR) is 95.8 cm³/mol. The Bertz CT molecular complexity index is 503. The molecule has 0 saturated heterocycles.